The van der Waals surface area contributed by atoms with Gasteiger partial charge in [-0.25, -0.2) is 5.43 Å². The van der Waals surface area contributed by atoms with Crippen molar-refractivity contribution in [1.82, 2.24) is 5.43 Å². The van der Waals surface area contributed by atoms with Crippen LogP contribution in [0, 0.1) is 23.2 Å². The number of carbonyl (C=O) groups excluding carboxylic acids is 1. The summed E-state index contributed by atoms with van der Waals surface area (Å²) >= 11 is 0. The highest BCUT2D eigenvalue weighted by Gasteiger charge is 2.08. The van der Waals surface area contributed by atoms with Gasteiger partial charge in [-0.3, -0.25) is 4.79 Å². The molecule has 124 valence electrons. The molecular formula is C18H25N3O2. The minimum absolute atomic E-state index is 0.105. The average Bonchev–Trinajstić information content (AvgIpc) is 2.50. The zero-order valence-electron chi connectivity index (χ0n) is 14.3. The van der Waals surface area contributed by atoms with Crippen LogP contribution in [0.1, 0.15) is 46.1 Å². The average molecular weight is 315 g/mol. The van der Waals surface area contributed by atoms with Crippen LogP contribution in [-0.2, 0) is 4.79 Å². The molecule has 1 N–H and O–H groups in total. The summed E-state index contributed by atoms with van der Waals surface area (Å²) in [5.41, 5.74) is 4.11. The molecule has 1 aromatic carbocycles. The van der Waals surface area contributed by atoms with Crippen LogP contribution in [0.4, 0.5) is 0 Å². The van der Waals surface area contributed by atoms with E-state index >= 15 is 0 Å². The van der Waals surface area contributed by atoms with E-state index in [1.165, 1.54) is 0 Å². The smallest absolute Gasteiger partial charge is 0.277 e. The van der Waals surface area contributed by atoms with Gasteiger partial charge >= 0.3 is 0 Å². The van der Waals surface area contributed by atoms with Gasteiger partial charge in [-0.15, -0.1) is 0 Å². The van der Waals surface area contributed by atoms with Gasteiger partial charge in [-0.2, -0.15) is 10.4 Å². The summed E-state index contributed by atoms with van der Waals surface area (Å²) in [5.74, 6) is 1.26. The van der Waals surface area contributed by atoms with Crippen molar-refractivity contribution in [2.75, 3.05) is 6.61 Å². The lowest BCUT2D eigenvalue weighted by Crippen LogP contribution is -2.26. The highest BCUT2D eigenvalue weighted by Crippen LogP contribution is 2.11. The van der Waals surface area contributed by atoms with E-state index in [1.807, 2.05) is 6.07 Å². The normalized spacial score (nSPS) is 10.3. The molecule has 0 heterocycles. The first kappa shape index (κ1) is 18.7. The van der Waals surface area contributed by atoms with Crippen LogP contribution >= 0.6 is 0 Å². The lowest BCUT2D eigenvalue weighted by Gasteiger charge is -2.12. The molecule has 5 nitrogen and oxygen atoms in total. The third kappa shape index (κ3) is 8.01. The Labute approximate surface area is 138 Å². The molecule has 0 bridgehead atoms. The summed E-state index contributed by atoms with van der Waals surface area (Å²) in [6.07, 6.45) is 1.74. The van der Waals surface area contributed by atoms with E-state index in [2.05, 4.69) is 38.2 Å². The number of nitrogens with one attached hydrogen (secondary N) is 1. The van der Waals surface area contributed by atoms with Crippen molar-refractivity contribution in [3.05, 3.63) is 29.8 Å². The van der Waals surface area contributed by atoms with E-state index in [1.54, 1.807) is 24.3 Å². The summed E-state index contributed by atoms with van der Waals surface area (Å²) in [4.78, 5) is 11.8. The number of nitrogens with zero attached hydrogens (tertiary/aromatic N) is 2. The van der Waals surface area contributed by atoms with Crippen molar-refractivity contribution < 1.29 is 9.53 Å². The van der Waals surface area contributed by atoms with Gasteiger partial charge < -0.3 is 4.74 Å². The van der Waals surface area contributed by atoms with E-state index in [4.69, 9.17) is 10.00 Å². The van der Waals surface area contributed by atoms with Crippen molar-refractivity contribution in [2.45, 2.75) is 40.5 Å². The van der Waals surface area contributed by atoms with Gasteiger partial charge in [0.25, 0.3) is 5.91 Å². The van der Waals surface area contributed by atoms with Crippen LogP contribution in [0.3, 0.4) is 0 Å². The standard InChI is InChI=1S/C18H25N3O2/c1-13(2)9-16(10-14(3)4)20-21-18(22)12-23-17-7-5-15(11-19)6-8-17/h5-8,13-14H,9-10,12H2,1-4H3,(H,21,22). The number of hydrazone groups is 1. The zero-order valence-corrected chi connectivity index (χ0v) is 14.3. The van der Waals surface area contributed by atoms with Gasteiger partial charge in [0.2, 0.25) is 0 Å². The van der Waals surface area contributed by atoms with Crippen LogP contribution in [0.2, 0.25) is 0 Å². The molecule has 1 amide bonds. The minimum atomic E-state index is -0.292. The Balaban J connectivity index is 2.49. The first-order valence-corrected chi connectivity index (χ1v) is 7.88. The molecule has 1 aromatic rings. The molecular weight excluding hydrogens is 290 g/mol. The molecule has 0 aliphatic heterocycles. The predicted octanol–water partition coefficient (Wildman–Crippen LogP) is 3.50. The lowest BCUT2D eigenvalue weighted by molar-refractivity contribution is -0.123. The molecule has 0 spiro atoms. The highest BCUT2D eigenvalue weighted by atomic mass is 16.5. The minimum Gasteiger partial charge on any atom is -0.484 e. The monoisotopic (exact) mass is 315 g/mol. The fourth-order valence-electron chi connectivity index (χ4n) is 2.07. The topological polar surface area (TPSA) is 74.5 Å². The Morgan fingerprint density at radius 3 is 2.22 bits per heavy atom. The quantitative estimate of drug-likeness (QED) is 0.589. The van der Waals surface area contributed by atoms with E-state index in [-0.39, 0.29) is 12.5 Å². The Morgan fingerprint density at radius 2 is 1.74 bits per heavy atom. The molecule has 0 atom stereocenters. The van der Waals surface area contributed by atoms with Crippen molar-refractivity contribution in [3.63, 3.8) is 0 Å². The van der Waals surface area contributed by atoms with Crippen molar-refractivity contribution >= 4 is 11.6 Å². The Hall–Kier alpha value is -2.35. The predicted molar refractivity (Wildman–Crippen MR) is 91.1 cm³/mol. The highest BCUT2D eigenvalue weighted by molar-refractivity contribution is 5.86. The van der Waals surface area contributed by atoms with Gasteiger partial charge in [0.15, 0.2) is 6.61 Å². The zero-order chi connectivity index (χ0) is 17.2. The molecule has 0 unspecified atom stereocenters. The Morgan fingerprint density at radius 1 is 1.17 bits per heavy atom. The molecule has 0 fully saturated rings. The summed E-state index contributed by atoms with van der Waals surface area (Å²) in [6, 6.07) is 8.65. The van der Waals surface area contributed by atoms with Crippen molar-refractivity contribution in [1.29, 1.82) is 5.26 Å². The number of amides is 1. The first-order valence-electron chi connectivity index (χ1n) is 7.88. The number of carbonyl (C=O) groups is 1. The Kier molecular flexibility index (Phi) is 7.82. The van der Waals surface area contributed by atoms with Gasteiger partial charge in [0, 0.05) is 5.71 Å². The van der Waals surface area contributed by atoms with E-state index in [9.17, 15) is 4.79 Å². The lowest BCUT2D eigenvalue weighted by atomic mass is 9.99. The van der Waals surface area contributed by atoms with Gasteiger partial charge in [-0.05, 0) is 48.9 Å². The van der Waals surface area contributed by atoms with E-state index < -0.39 is 0 Å². The van der Waals surface area contributed by atoms with Crippen LogP contribution in [0.25, 0.3) is 0 Å². The molecule has 0 saturated heterocycles. The van der Waals surface area contributed by atoms with Crippen LogP contribution in [0.15, 0.2) is 29.4 Å². The number of hydrogen-bond acceptors (Lipinski definition) is 4. The van der Waals surface area contributed by atoms with E-state index in [0.29, 0.717) is 23.1 Å². The third-order valence-electron chi connectivity index (χ3n) is 2.98. The van der Waals surface area contributed by atoms with Gasteiger partial charge in [0.05, 0.1) is 11.6 Å². The number of nitriles is 1. The second-order valence-corrected chi connectivity index (χ2v) is 6.33. The maximum absolute atomic E-state index is 11.8. The van der Waals surface area contributed by atoms with Gasteiger partial charge in [0.1, 0.15) is 5.75 Å². The molecule has 0 aliphatic carbocycles. The van der Waals surface area contributed by atoms with Crippen LogP contribution in [0.5, 0.6) is 5.75 Å². The molecule has 23 heavy (non-hydrogen) atoms. The maximum Gasteiger partial charge on any atom is 0.277 e. The largest absolute Gasteiger partial charge is 0.484 e. The fraction of sp³-hybridized carbons (Fsp3) is 0.500. The number of rotatable bonds is 8. The maximum atomic E-state index is 11.8. The molecule has 0 aromatic heterocycles. The SMILES string of the molecule is CC(C)CC(CC(C)C)=NNC(=O)COc1ccc(C#N)cc1. The van der Waals surface area contributed by atoms with E-state index in [0.717, 1.165) is 18.6 Å². The fourth-order valence-corrected chi connectivity index (χ4v) is 2.07. The van der Waals surface area contributed by atoms with Crippen LogP contribution in [-0.4, -0.2) is 18.2 Å². The van der Waals surface area contributed by atoms with Crippen molar-refractivity contribution in [3.8, 4) is 11.8 Å². The van der Waals surface area contributed by atoms with Crippen LogP contribution < -0.4 is 10.2 Å². The molecule has 0 saturated carbocycles. The molecule has 0 aliphatic rings. The third-order valence-corrected chi connectivity index (χ3v) is 2.98. The summed E-state index contributed by atoms with van der Waals surface area (Å²) in [5, 5.41) is 13.0. The molecule has 1 rings (SSSR count). The second-order valence-electron chi connectivity index (χ2n) is 6.33. The summed E-state index contributed by atoms with van der Waals surface area (Å²) in [7, 11) is 0. The molecule has 0 radical (unpaired) electrons. The number of hydrogen-bond donors (Lipinski definition) is 1. The van der Waals surface area contributed by atoms with Gasteiger partial charge in [-0.1, -0.05) is 27.7 Å². The summed E-state index contributed by atoms with van der Waals surface area (Å²) in [6.45, 7) is 8.42. The summed E-state index contributed by atoms with van der Waals surface area (Å²) < 4.78 is 5.37. The Bertz CT molecular complexity index is 557. The number of benzene rings is 1. The first-order chi connectivity index (χ1) is 10.9. The molecule has 5 heteroatoms. The number of ether oxygens (including phenoxy) is 1. The second kappa shape index (κ2) is 9.62. The van der Waals surface area contributed by atoms with Crippen molar-refractivity contribution in [2.24, 2.45) is 16.9 Å².